The van der Waals surface area contributed by atoms with Gasteiger partial charge in [0.1, 0.15) is 11.0 Å². The summed E-state index contributed by atoms with van der Waals surface area (Å²) in [4.78, 5) is 14.3. The number of fused-ring (bicyclic) bond motifs is 1. The van der Waals surface area contributed by atoms with E-state index in [0.29, 0.717) is 22.9 Å². The van der Waals surface area contributed by atoms with E-state index in [1.54, 1.807) is 0 Å². The molecular formula is C28H21N3O. The van der Waals surface area contributed by atoms with Crippen LogP contribution < -0.4 is 10.6 Å². The van der Waals surface area contributed by atoms with Crippen LogP contribution in [-0.4, -0.2) is 15.0 Å². The van der Waals surface area contributed by atoms with Crippen molar-refractivity contribution >= 4 is 29.2 Å². The van der Waals surface area contributed by atoms with E-state index >= 15 is 0 Å². The van der Waals surface area contributed by atoms with E-state index in [1.807, 2.05) is 104 Å². The highest BCUT2D eigenvalue weighted by atomic mass is 16.3. The molecule has 5 aromatic rings. The van der Waals surface area contributed by atoms with Crippen LogP contribution >= 0.6 is 0 Å². The van der Waals surface area contributed by atoms with E-state index in [9.17, 15) is 0 Å². The summed E-state index contributed by atoms with van der Waals surface area (Å²) >= 11 is 0. The number of benzene rings is 3. The Morgan fingerprint density at radius 2 is 1.31 bits per heavy atom. The van der Waals surface area contributed by atoms with Gasteiger partial charge < -0.3 is 4.42 Å². The van der Waals surface area contributed by atoms with E-state index in [2.05, 4.69) is 6.58 Å². The van der Waals surface area contributed by atoms with E-state index in [1.165, 1.54) is 0 Å². The molecule has 0 spiro atoms. The van der Waals surface area contributed by atoms with Crippen molar-refractivity contribution in [3.05, 3.63) is 107 Å². The summed E-state index contributed by atoms with van der Waals surface area (Å²) in [5.41, 5.74) is 4.29. The van der Waals surface area contributed by atoms with Crippen molar-refractivity contribution in [2.24, 2.45) is 0 Å². The second-order valence-corrected chi connectivity index (χ2v) is 7.49. The number of furan rings is 1. The van der Waals surface area contributed by atoms with E-state index in [0.717, 1.165) is 32.9 Å². The maximum absolute atomic E-state index is 5.78. The number of hydrogen-bond donors (Lipinski definition) is 0. The van der Waals surface area contributed by atoms with Gasteiger partial charge in [-0.05, 0) is 18.6 Å². The van der Waals surface area contributed by atoms with Gasteiger partial charge in [-0.3, -0.25) is 0 Å². The van der Waals surface area contributed by atoms with Gasteiger partial charge in [0.2, 0.25) is 0 Å². The predicted octanol–water partition coefficient (Wildman–Crippen LogP) is 5.25. The van der Waals surface area contributed by atoms with E-state index in [4.69, 9.17) is 19.4 Å². The van der Waals surface area contributed by atoms with Crippen LogP contribution in [0.4, 0.5) is 0 Å². The molecule has 4 nitrogen and oxygen atoms in total. The number of para-hydroxylation sites is 1. The molecule has 5 rings (SSSR count). The van der Waals surface area contributed by atoms with Crippen LogP contribution in [0.3, 0.4) is 0 Å². The predicted molar refractivity (Wildman–Crippen MR) is 130 cm³/mol. The Kier molecular flexibility index (Phi) is 5.18. The van der Waals surface area contributed by atoms with Crippen LogP contribution in [0, 0.1) is 0 Å². The van der Waals surface area contributed by atoms with Gasteiger partial charge in [-0.25, -0.2) is 15.0 Å². The minimum Gasteiger partial charge on any atom is -0.457 e. The molecule has 154 valence electrons. The van der Waals surface area contributed by atoms with Gasteiger partial charge >= 0.3 is 0 Å². The Morgan fingerprint density at radius 1 is 0.750 bits per heavy atom. The zero-order chi connectivity index (χ0) is 21.9. The summed E-state index contributed by atoms with van der Waals surface area (Å²) in [5.74, 6) is 1.93. The first kappa shape index (κ1) is 19.6. The highest BCUT2D eigenvalue weighted by Crippen LogP contribution is 2.22. The topological polar surface area (TPSA) is 51.8 Å². The van der Waals surface area contributed by atoms with Crippen molar-refractivity contribution in [2.75, 3.05) is 0 Å². The first-order chi connectivity index (χ1) is 15.7. The maximum Gasteiger partial charge on any atom is 0.164 e. The molecule has 2 aromatic heterocycles. The molecule has 0 saturated carbocycles. The van der Waals surface area contributed by atoms with Crippen molar-refractivity contribution in [2.45, 2.75) is 6.92 Å². The molecule has 0 fully saturated rings. The monoisotopic (exact) mass is 415 g/mol. The van der Waals surface area contributed by atoms with Crippen LogP contribution in [0.5, 0.6) is 0 Å². The number of nitrogens with zero attached hydrogens (tertiary/aromatic N) is 3. The van der Waals surface area contributed by atoms with Gasteiger partial charge in [0.15, 0.2) is 17.5 Å². The number of rotatable bonds is 4. The lowest BCUT2D eigenvalue weighted by atomic mass is 10.1. The average molecular weight is 415 g/mol. The quantitative estimate of drug-likeness (QED) is 0.402. The molecule has 0 aliphatic rings. The zero-order valence-corrected chi connectivity index (χ0v) is 17.7. The summed E-state index contributed by atoms with van der Waals surface area (Å²) < 4.78 is 5.78. The van der Waals surface area contributed by atoms with Crippen LogP contribution in [0.15, 0.2) is 95.4 Å². The largest absolute Gasteiger partial charge is 0.457 e. The number of aromatic nitrogens is 3. The summed E-state index contributed by atoms with van der Waals surface area (Å²) in [6.07, 6.45) is 4.02. The van der Waals surface area contributed by atoms with Gasteiger partial charge in [0, 0.05) is 21.7 Å². The molecule has 2 heterocycles. The van der Waals surface area contributed by atoms with Crippen LogP contribution in [-0.2, 0) is 0 Å². The van der Waals surface area contributed by atoms with Crippen molar-refractivity contribution < 1.29 is 4.42 Å². The first-order valence-electron chi connectivity index (χ1n) is 10.4. The second kappa shape index (κ2) is 8.44. The van der Waals surface area contributed by atoms with Crippen molar-refractivity contribution in [1.29, 1.82) is 0 Å². The second-order valence-electron chi connectivity index (χ2n) is 7.49. The highest BCUT2D eigenvalue weighted by molar-refractivity contribution is 5.80. The number of allylic oxidation sites excluding steroid dienone is 2. The Balaban J connectivity index is 1.65. The molecule has 32 heavy (non-hydrogen) atoms. The van der Waals surface area contributed by atoms with Gasteiger partial charge in [-0.15, -0.1) is 0 Å². The standard InChI is InChI=1S/C28H21N3O/c1-19(17-18-23-20(2)32-25-16-10-9-15-24(23)25)26-29-27(21-11-5-3-6-12-21)31-28(30-26)22-13-7-4-8-14-22/h3-18H,2H2,1H3/b19-17+,23-18+. The molecule has 0 bridgehead atoms. The third-order valence-electron chi connectivity index (χ3n) is 5.26. The summed E-state index contributed by atoms with van der Waals surface area (Å²) in [6, 6.07) is 27.9. The minimum atomic E-state index is 0.632. The van der Waals surface area contributed by atoms with E-state index in [-0.39, 0.29) is 0 Å². The Bertz CT molecular complexity index is 1480. The summed E-state index contributed by atoms with van der Waals surface area (Å²) in [6.45, 7) is 6.05. The van der Waals surface area contributed by atoms with E-state index < -0.39 is 0 Å². The molecule has 0 unspecified atom stereocenters. The fourth-order valence-corrected chi connectivity index (χ4v) is 3.57. The molecule has 0 atom stereocenters. The normalized spacial score (nSPS) is 12.4. The fraction of sp³-hybridized carbons (Fsp3) is 0.0357. The molecule has 0 radical (unpaired) electrons. The third-order valence-corrected chi connectivity index (χ3v) is 5.26. The smallest absolute Gasteiger partial charge is 0.164 e. The maximum atomic E-state index is 5.78. The van der Waals surface area contributed by atoms with Gasteiger partial charge in [0.25, 0.3) is 0 Å². The van der Waals surface area contributed by atoms with Crippen LogP contribution in [0.25, 0.3) is 52.0 Å². The molecule has 0 saturated heterocycles. The molecule has 0 amide bonds. The Labute approximate surface area is 185 Å². The van der Waals surface area contributed by atoms with Crippen LogP contribution in [0.1, 0.15) is 12.7 Å². The van der Waals surface area contributed by atoms with Crippen LogP contribution in [0.2, 0.25) is 0 Å². The fourth-order valence-electron chi connectivity index (χ4n) is 3.57. The molecule has 0 aliphatic carbocycles. The van der Waals surface area contributed by atoms with Gasteiger partial charge in [-0.1, -0.05) is 97.6 Å². The highest BCUT2D eigenvalue weighted by Gasteiger charge is 2.11. The molecule has 0 aliphatic heterocycles. The Hall–Kier alpha value is -4.31. The molecule has 0 N–H and O–H groups in total. The molecular weight excluding hydrogens is 394 g/mol. The zero-order valence-electron chi connectivity index (χ0n) is 17.7. The lowest BCUT2D eigenvalue weighted by Crippen LogP contribution is -2.17. The molecule has 4 heteroatoms. The first-order valence-corrected chi connectivity index (χ1v) is 10.4. The molecule has 3 aromatic carbocycles. The third kappa shape index (κ3) is 3.86. The summed E-state index contributed by atoms with van der Waals surface area (Å²) in [7, 11) is 0. The number of hydrogen-bond acceptors (Lipinski definition) is 4. The van der Waals surface area contributed by atoms with Crippen molar-refractivity contribution in [1.82, 2.24) is 15.0 Å². The summed E-state index contributed by atoms with van der Waals surface area (Å²) in [5, 5.41) is 1.99. The van der Waals surface area contributed by atoms with Crippen molar-refractivity contribution in [3.63, 3.8) is 0 Å². The SMILES string of the molecule is C=c1oc2ccccc2/c1=C/C=C(\C)c1nc(-c2ccccc2)nc(-c2ccccc2)n1. The van der Waals surface area contributed by atoms with Gasteiger partial charge in [-0.2, -0.15) is 0 Å². The van der Waals surface area contributed by atoms with Gasteiger partial charge in [0.05, 0.1) is 0 Å². The Morgan fingerprint density at radius 3 is 1.94 bits per heavy atom. The minimum absolute atomic E-state index is 0.632. The lowest BCUT2D eigenvalue weighted by molar-refractivity contribution is 0.577. The van der Waals surface area contributed by atoms with Crippen molar-refractivity contribution in [3.8, 4) is 22.8 Å². The lowest BCUT2D eigenvalue weighted by Gasteiger charge is -2.08. The average Bonchev–Trinajstić information content (AvgIpc) is 3.18.